The third kappa shape index (κ3) is 3.81. The SMILES string of the molecule is COc1ccc2cc(CNC(=O)NC(C)c3ccc4c(c3)OCO4)ccc2c1. The molecule has 4 rings (SSSR count). The highest BCUT2D eigenvalue weighted by Gasteiger charge is 2.16. The molecule has 1 atom stereocenters. The molecule has 0 spiro atoms. The summed E-state index contributed by atoms with van der Waals surface area (Å²) in [6.07, 6.45) is 0. The molecule has 0 fully saturated rings. The lowest BCUT2D eigenvalue weighted by molar-refractivity contribution is 0.174. The predicted molar refractivity (Wildman–Crippen MR) is 107 cm³/mol. The van der Waals surface area contributed by atoms with E-state index in [-0.39, 0.29) is 18.9 Å². The van der Waals surface area contributed by atoms with E-state index in [1.54, 1.807) is 7.11 Å². The summed E-state index contributed by atoms with van der Waals surface area (Å²) in [4.78, 5) is 12.3. The summed E-state index contributed by atoms with van der Waals surface area (Å²) in [5.41, 5.74) is 1.99. The Labute approximate surface area is 163 Å². The number of fused-ring (bicyclic) bond motifs is 2. The van der Waals surface area contributed by atoms with Gasteiger partial charge in [0.15, 0.2) is 11.5 Å². The van der Waals surface area contributed by atoms with Crippen molar-refractivity contribution >= 4 is 16.8 Å². The second-order valence-electron chi connectivity index (χ2n) is 6.71. The fraction of sp³-hybridized carbons (Fsp3) is 0.227. The van der Waals surface area contributed by atoms with Crippen molar-refractivity contribution < 1.29 is 19.0 Å². The Kier molecular flexibility index (Phi) is 4.93. The second kappa shape index (κ2) is 7.68. The summed E-state index contributed by atoms with van der Waals surface area (Å²) in [6.45, 7) is 2.61. The van der Waals surface area contributed by atoms with E-state index in [1.165, 1.54) is 0 Å². The molecule has 0 aliphatic carbocycles. The first-order valence-corrected chi connectivity index (χ1v) is 9.13. The Morgan fingerprint density at radius 3 is 2.68 bits per heavy atom. The summed E-state index contributed by atoms with van der Waals surface area (Å²) in [5.74, 6) is 2.27. The minimum Gasteiger partial charge on any atom is -0.497 e. The molecule has 0 bridgehead atoms. The molecule has 0 saturated carbocycles. The molecule has 3 aromatic rings. The number of benzene rings is 3. The maximum absolute atomic E-state index is 12.3. The smallest absolute Gasteiger partial charge is 0.315 e. The van der Waals surface area contributed by atoms with Gasteiger partial charge in [-0.2, -0.15) is 0 Å². The molecule has 0 aromatic heterocycles. The van der Waals surface area contributed by atoms with Crippen LogP contribution in [0.15, 0.2) is 54.6 Å². The van der Waals surface area contributed by atoms with Crippen molar-refractivity contribution in [2.75, 3.05) is 13.9 Å². The number of ether oxygens (including phenoxy) is 3. The number of rotatable bonds is 5. The standard InChI is InChI=1S/C22H22N2O4/c1-14(16-6-8-20-21(11-16)28-13-27-20)24-22(25)23-12-15-3-4-18-10-19(26-2)7-5-17(18)9-15/h3-11,14H,12-13H2,1-2H3,(H2,23,24,25). The Bertz CT molecular complexity index is 1020. The number of nitrogens with one attached hydrogen (secondary N) is 2. The number of carbonyl (C=O) groups is 1. The van der Waals surface area contributed by atoms with Crippen LogP contribution in [0.25, 0.3) is 10.8 Å². The molecular formula is C22H22N2O4. The van der Waals surface area contributed by atoms with Gasteiger partial charge >= 0.3 is 6.03 Å². The molecule has 1 heterocycles. The molecule has 28 heavy (non-hydrogen) atoms. The number of amides is 2. The lowest BCUT2D eigenvalue weighted by atomic mass is 10.1. The van der Waals surface area contributed by atoms with Crippen LogP contribution >= 0.6 is 0 Å². The van der Waals surface area contributed by atoms with Gasteiger partial charge in [0.1, 0.15) is 5.75 Å². The highest BCUT2D eigenvalue weighted by Crippen LogP contribution is 2.34. The third-order valence-electron chi connectivity index (χ3n) is 4.81. The molecule has 2 N–H and O–H groups in total. The van der Waals surface area contributed by atoms with E-state index in [0.29, 0.717) is 12.3 Å². The predicted octanol–water partition coefficient (Wildman–Crippen LogP) is 4.14. The molecule has 6 nitrogen and oxygen atoms in total. The number of carbonyl (C=O) groups excluding carboxylic acids is 1. The monoisotopic (exact) mass is 378 g/mol. The highest BCUT2D eigenvalue weighted by atomic mass is 16.7. The van der Waals surface area contributed by atoms with Crippen molar-refractivity contribution in [1.82, 2.24) is 10.6 Å². The minimum absolute atomic E-state index is 0.154. The molecule has 0 radical (unpaired) electrons. The van der Waals surface area contributed by atoms with Crippen molar-refractivity contribution in [2.24, 2.45) is 0 Å². The van der Waals surface area contributed by atoms with Gasteiger partial charge in [-0.15, -0.1) is 0 Å². The lowest BCUT2D eigenvalue weighted by Gasteiger charge is -2.15. The quantitative estimate of drug-likeness (QED) is 0.700. The summed E-state index contributed by atoms with van der Waals surface area (Å²) >= 11 is 0. The Morgan fingerprint density at radius 2 is 1.82 bits per heavy atom. The average Bonchev–Trinajstić information content (AvgIpc) is 3.19. The van der Waals surface area contributed by atoms with E-state index in [0.717, 1.165) is 33.4 Å². The van der Waals surface area contributed by atoms with Gasteiger partial charge in [0, 0.05) is 6.54 Å². The lowest BCUT2D eigenvalue weighted by Crippen LogP contribution is -2.36. The number of urea groups is 1. The third-order valence-corrected chi connectivity index (χ3v) is 4.81. The van der Waals surface area contributed by atoms with Crippen LogP contribution in [0, 0.1) is 0 Å². The van der Waals surface area contributed by atoms with Gasteiger partial charge in [-0.3, -0.25) is 0 Å². The van der Waals surface area contributed by atoms with Crippen LogP contribution in [0.2, 0.25) is 0 Å². The molecule has 6 heteroatoms. The fourth-order valence-corrected chi connectivity index (χ4v) is 3.21. The van der Waals surface area contributed by atoms with Crippen LogP contribution in [0.1, 0.15) is 24.1 Å². The van der Waals surface area contributed by atoms with E-state index in [9.17, 15) is 4.79 Å². The molecule has 1 aliphatic heterocycles. The summed E-state index contributed by atoms with van der Waals surface area (Å²) in [5, 5.41) is 8.06. The van der Waals surface area contributed by atoms with Gasteiger partial charge in [-0.25, -0.2) is 4.79 Å². The molecule has 1 unspecified atom stereocenters. The molecular weight excluding hydrogens is 356 g/mol. The van der Waals surface area contributed by atoms with Crippen molar-refractivity contribution in [1.29, 1.82) is 0 Å². The van der Waals surface area contributed by atoms with Gasteiger partial charge in [-0.05, 0) is 59.2 Å². The van der Waals surface area contributed by atoms with Crippen LogP contribution in [0.5, 0.6) is 17.2 Å². The Hall–Kier alpha value is -3.41. The zero-order valence-electron chi connectivity index (χ0n) is 15.8. The van der Waals surface area contributed by atoms with Gasteiger partial charge in [0.05, 0.1) is 13.2 Å². The Morgan fingerprint density at radius 1 is 1.04 bits per heavy atom. The zero-order chi connectivity index (χ0) is 19.5. The number of hydrogen-bond acceptors (Lipinski definition) is 4. The first kappa shape index (κ1) is 18.0. The summed E-state index contributed by atoms with van der Waals surface area (Å²) in [7, 11) is 1.66. The van der Waals surface area contributed by atoms with Gasteiger partial charge in [0.25, 0.3) is 0 Å². The summed E-state index contributed by atoms with van der Waals surface area (Å²) in [6, 6.07) is 17.3. The average molecular weight is 378 g/mol. The normalized spacial score (nSPS) is 13.2. The van der Waals surface area contributed by atoms with Crippen molar-refractivity contribution in [2.45, 2.75) is 19.5 Å². The fourth-order valence-electron chi connectivity index (χ4n) is 3.21. The van der Waals surface area contributed by atoms with Crippen LogP contribution < -0.4 is 24.8 Å². The molecule has 3 aromatic carbocycles. The number of methoxy groups -OCH3 is 1. The minimum atomic E-state index is -0.222. The maximum atomic E-state index is 12.3. The Balaban J connectivity index is 1.35. The number of hydrogen-bond donors (Lipinski definition) is 2. The maximum Gasteiger partial charge on any atom is 0.315 e. The van der Waals surface area contributed by atoms with Gasteiger partial charge in [-0.1, -0.05) is 24.3 Å². The van der Waals surface area contributed by atoms with E-state index in [2.05, 4.69) is 16.7 Å². The largest absolute Gasteiger partial charge is 0.497 e. The van der Waals surface area contributed by atoms with Crippen molar-refractivity contribution in [3.63, 3.8) is 0 Å². The van der Waals surface area contributed by atoms with Crippen LogP contribution in [-0.2, 0) is 6.54 Å². The van der Waals surface area contributed by atoms with E-state index >= 15 is 0 Å². The van der Waals surface area contributed by atoms with Crippen LogP contribution in [0.4, 0.5) is 4.79 Å². The second-order valence-corrected chi connectivity index (χ2v) is 6.71. The molecule has 144 valence electrons. The van der Waals surface area contributed by atoms with Gasteiger partial charge < -0.3 is 24.8 Å². The van der Waals surface area contributed by atoms with Crippen molar-refractivity contribution in [3.05, 3.63) is 65.7 Å². The van der Waals surface area contributed by atoms with Crippen LogP contribution in [0.3, 0.4) is 0 Å². The first-order valence-electron chi connectivity index (χ1n) is 9.13. The van der Waals surface area contributed by atoms with Crippen molar-refractivity contribution in [3.8, 4) is 17.2 Å². The molecule has 1 aliphatic rings. The van der Waals surface area contributed by atoms with Gasteiger partial charge in [0.2, 0.25) is 6.79 Å². The van der Waals surface area contributed by atoms with E-state index in [1.807, 2.05) is 55.5 Å². The topological polar surface area (TPSA) is 68.8 Å². The zero-order valence-corrected chi connectivity index (χ0v) is 15.8. The summed E-state index contributed by atoms with van der Waals surface area (Å²) < 4.78 is 16.0. The van der Waals surface area contributed by atoms with E-state index in [4.69, 9.17) is 14.2 Å². The van der Waals surface area contributed by atoms with Crippen LogP contribution in [-0.4, -0.2) is 19.9 Å². The molecule has 0 saturated heterocycles. The molecule has 2 amide bonds. The van der Waals surface area contributed by atoms with E-state index < -0.39 is 0 Å². The first-order chi connectivity index (χ1) is 13.6. The highest BCUT2D eigenvalue weighted by molar-refractivity contribution is 5.84.